The first kappa shape index (κ1) is 15.5. The molecule has 4 amide bonds. The van der Waals surface area contributed by atoms with Crippen LogP contribution >= 0.6 is 22.6 Å². The van der Waals surface area contributed by atoms with Gasteiger partial charge in [0.15, 0.2) is 3.77 Å². The molecule has 116 valence electrons. The van der Waals surface area contributed by atoms with Crippen LogP contribution in [0.15, 0.2) is 46.4 Å². The lowest BCUT2D eigenvalue weighted by Crippen LogP contribution is -2.54. The molecule has 1 aliphatic rings. The van der Waals surface area contributed by atoms with Gasteiger partial charge in [-0.1, -0.05) is 18.2 Å². The second-order valence-corrected chi connectivity index (χ2v) is 5.95. The lowest BCUT2D eigenvalue weighted by molar-refractivity contribution is -0.122. The smallest absolute Gasteiger partial charge is 0.335 e. The van der Waals surface area contributed by atoms with E-state index in [1.807, 2.05) is 22.6 Å². The summed E-state index contributed by atoms with van der Waals surface area (Å²) in [4.78, 5) is 37.7. The molecule has 7 heteroatoms. The molecule has 1 aromatic heterocycles. The monoisotopic (exact) mass is 422 g/mol. The van der Waals surface area contributed by atoms with Crippen molar-refractivity contribution in [2.24, 2.45) is 0 Å². The molecule has 0 bridgehead atoms. The van der Waals surface area contributed by atoms with E-state index in [1.54, 1.807) is 43.3 Å². The summed E-state index contributed by atoms with van der Waals surface area (Å²) in [6.45, 7) is 1.78. The maximum Gasteiger partial charge on any atom is 0.335 e. The number of carbonyl (C=O) groups excluding carboxylic acids is 3. The molecule has 1 N–H and O–H groups in total. The van der Waals surface area contributed by atoms with Crippen molar-refractivity contribution in [1.82, 2.24) is 5.32 Å². The highest BCUT2D eigenvalue weighted by atomic mass is 127. The maximum absolute atomic E-state index is 12.6. The Bertz CT molecular complexity index is 853. The number of carbonyl (C=O) groups is 3. The van der Waals surface area contributed by atoms with Crippen LogP contribution in [0.25, 0.3) is 6.08 Å². The summed E-state index contributed by atoms with van der Waals surface area (Å²) in [5, 5.41) is 2.18. The van der Waals surface area contributed by atoms with Gasteiger partial charge in [0, 0.05) is 0 Å². The first-order valence-corrected chi connectivity index (χ1v) is 7.77. The molecular weight excluding hydrogens is 411 g/mol. The van der Waals surface area contributed by atoms with Gasteiger partial charge in [-0.3, -0.25) is 14.9 Å². The molecule has 0 aliphatic carbocycles. The summed E-state index contributed by atoms with van der Waals surface area (Å²) in [6, 6.07) is 9.54. The Morgan fingerprint density at radius 3 is 2.52 bits per heavy atom. The topological polar surface area (TPSA) is 79.6 Å². The zero-order valence-electron chi connectivity index (χ0n) is 12.0. The number of halogens is 1. The van der Waals surface area contributed by atoms with Gasteiger partial charge in [0.25, 0.3) is 11.8 Å². The van der Waals surface area contributed by atoms with Crippen LogP contribution in [-0.4, -0.2) is 17.8 Å². The van der Waals surface area contributed by atoms with Gasteiger partial charge in [-0.25, -0.2) is 9.69 Å². The lowest BCUT2D eigenvalue weighted by Gasteiger charge is -2.27. The van der Waals surface area contributed by atoms with Crippen molar-refractivity contribution in [3.8, 4) is 0 Å². The molecule has 1 aromatic carbocycles. The molecule has 0 atom stereocenters. The van der Waals surface area contributed by atoms with Crippen molar-refractivity contribution in [2.45, 2.75) is 6.92 Å². The number of urea groups is 1. The molecule has 0 radical (unpaired) electrons. The first-order chi connectivity index (χ1) is 11.0. The predicted molar refractivity (Wildman–Crippen MR) is 91.6 cm³/mol. The number of nitrogens with one attached hydrogen (secondary N) is 1. The number of aryl methyl sites for hydroxylation is 1. The van der Waals surface area contributed by atoms with Gasteiger partial charge < -0.3 is 4.42 Å². The molecule has 6 nitrogen and oxygen atoms in total. The Hall–Kier alpha value is -2.42. The molecule has 23 heavy (non-hydrogen) atoms. The van der Waals surface area contributed by atoms with E-state index in [0.717, 1.165) is 10.5 Å². The van der Waals surface area contributed by atoms with Gasteiger partial charge in [-0.15, -0.1) is 0 Å². The fourth-order valence-electron chi connectivity index (χ4n) is 2.24. The van der Waals surface area contributed by atoms with E-state index in [0.29, 0.717) is 15.2 Å². The SMILES string of the molecule is Cc1ccccc1N1C(=O)NC(=O)/C(=C\c2ccc(I)o2)C1=O. The van der Waals surface area contributed by atoms with Crippen LogP contribution in [0, 0.1) is 10.7 Å². The van der Waals surface area contributed by atoms with E-state index in [2.05, 4.69) is 5.32 Å². The van der Waals surface area contributed by atoms with Crippen molar-refractivity contribution in [2.75, 3.05) is 4.90 Å². The summed E-state index contributed by atoms with van der Waals surface area (Å²) in [7, 11) is 0. The third kappa shape index (κ3) is 2.91. The number of imide groups is 2. The lowest BCUT2D eigenvalue weighted by atomic mass is 10.1. The van der Waals surface area contributed by atoms with Crippen molar-refractivity contribution in [3.05, 3.63) is 57.1 Å². The Morgan fingerprint density at radius 2 is 1.87 bits per heavy atom. The number of rotatable bonds is 2. The second kappa shape index (κ2) is 5.99. The molecule has 0 spiro atoms. The molecular formula is C16H11IN2O4. The predicted octanol–water partition coefficient (Wildman–Crippen LogP) is 2.86. The molecule has 0 unspecified atom stereocenters. The number of hydrogen-bond acceptors (Lipinski definition) is 4. The van der Waals surface area contributed by atoms with E-state index in [-0.39, 0.29) is 5.57 Å². The van der Waals surface area contributed by atoms with Crippen molar-refractivity contribution in [1.29, 1.82) is 0 Å². The van der Waals surface area contributed by atoms with Crippen LogP contribution in [0.3, 0.4) is 0 Å². The molecule has 1 fully saturated rings. The fraction of sp³-hybridized carbons (Fsp3) is 0.0625. The Labute approximate surface area is 145 Å². The first-order valence-electron chi connectivity index (χ1n) is 6.70. The van der Waals surface area contributed by atoms with E-state index >= 15 is 0 Å². The Balaban J connectivity index is 2.04. The standard InChI is InChI=1S/C16H11IN2O4/c1-9-4-2-3-5-12(9)19-15(21)11(14(20)18-16(19)22)8-10-6-7-13(17)23-10/h2-8H,1H3,(H,18,20,22)/b11-8+. The minimum atomic E-state index is -0.763. The van der Waals surface area contributed by atoms with Crippen LogP contribution in [0.5, 0.6) is 0 Å². The van der Waals surface area contributed by atoms with Gasteiger partial charge in [0.05, 0.1) is 5.69 Å². The third-order valence-electron chi connectivity index (χ3n) is 3.34. The van der Waals surface area contributed by atoms with Gasteiger partial charge in [0.1, 0.15) is 11.3 Å². The number of hydrogen-bond donors (Lipinski definition) is 1. The number of para-hydroxylation sites is 1. The van der Waals surface area contributed by atoms with Gasteiger partial charge in [-0.2, -0.15) is 0 Å². The maximum atomic E-state index is 12.6. The number of nitrogens with zero attached hydrogens (tertiary/aromatic N) is 1. The van der Waals surface area contributed by atoms with Gasteiger partial charge >= 0.3 is 6.03 Å². The van der Waals surface area contributed by atoms with Crippen LogP contribution in [0.4, 0.5) is 10.5 Å². The van der Waals surface area contributed by atoms with Crippen molar-refractivity contribution >= 4 is 52.2 Å². The van der Waals surface area contributed by atoms with Crippen LogP contribution in [0.2, 0.25) is 0 Å². The van der Waals surface area contributed by atoms with E-state index in [4.69, 9.17) is 4.42 Å². The van der Waals surface area contributed by atoms with Gasteiger partial charge in [-0.05, 0) is 59.4 Å². The van der Waals surface area contributed by atoms with Crippen LogP contribution in [-0.2, 0) is 9.59 Å². The van der Waals surface area contributed by atoms with E-state index in [1.165, 1.54) is 6.08 Å². The van der Waals surface area contributed by atoms with E-state index in [9.17, 15) is 14.4 Å². The highest BCUT2D eigenvalue weighted by molar-refractivity contribution is 14.1. The fourth-order valence-corrected chi connectivity index (χ4v) is 2.67. The molecule has 3 rings (SSSR count). The summed E-state index contributed by atoms with van der Waals surface area (Å²) >= 11 is 1.98. The normalized spacial score (nSPS) is 16.9. The summed E-state index contributed by atoms with van der Waals surface area (Å²) < 4.78 is 5.98. The van der Waals surface area contributed by atoms with Crippen molar-refractivity contribution in [3.63, 3.8) is 0 Å². The molecule has 2 aromatic rings. The largest absolute Gasteiger partial charge is 0.451 e. The number of barbiturate groups is 1. The Kier molecular flexibility index (Phi) is 4.03. The number of amides is 4. The zero-order valence-corrected chi connectivity index (χ0v) is 14.2. The number of benzene rings is 1. The number of anilines is 1. The minimum Gasteiger partial charge on any atom is -0.451 e. The molecule has 2 heterocycles. The molecule has 1 aliphatic heterocycles. The van der Waals surface area contributed by atoms with Crippen molar-refractivity contribution < 1.29 is 18.8 Å². The summed E-state index contributed by atoms with van der Waals surface area (Å²) in [5.74, 6) is -1.05. The second-order valence-electron chi connectivity index (χ2n) is 4.89. The molecule has 1 saturated heterocycles. The average Bonchev–Trinajstić information content (AvgIpc) is 2.91. The number of furan rings is 1. The average molecular weight is 422 g/mol. The third-order valence-corrected chi connectivity index (χ3v) is 3.92. The van der Waals surface area contributed by atoms with E-state index < -0.39 is 17.8 Å². The summed E-state index contributed by atoms with van der Waals surface area (Å²) in [5.41, 5.74) is 1.03. The van der Waals surface area contributed by atoms with Gasteiger partial charge in [0.2, 0.25) is 0 Å². The Morgan fingerprint density at radius 1 is 1.13 bits per heavy atom. The van der Waals surface area contributed by atoms with Crippen LogP contribution in [0.1, 0.15) is 11.3 Å². The zero-order chi connectivity index (χ0) is 16.6. The highest BCUT2D eigenvalue weighted by Crippen LogP contribution is 2.25. The minimum absolute atomic E-state index is 0.154. The summed E-state index contributed by atoms with van der Waals surface area (Å²) in [6.07, 6.45) is 1.33. The highest BCUT2D eigenvalue weighted by Gasteiger charge is 2.37. The van der Waals surface area contributed by atoms with Crippen LogP contribution < -0.4 is 10.2 Å². The molecule has 0 saturated carbocycles. The quantitative estimate of drug-likeness (QED) is 0.459.